The van der Waals surface area contributed by atoms with E-state index in [0.29, 0.717) is 23.5 Å². The zero-order valence-corrected chi connectivity index (χ0v) is 19.6. The van der Waals surface area contributed by atoms with Gasteiger partial charge in [-0.1, -0.05) is 59.5 Å². The van der Waals surface area contributed by atoms with E-state index in [1.165, 1.54) is 44.1 Å². The predicted molar refractivity (Wildman–Crippen MR) is 120 cm³/mol. The number of hydrogen-bond acceptors (Lipinski definition) is 2. The lowest BCUT2D eigenvalue weighted by Gasteiger charge is -2.54. The van der Waals surface area contributed by atoms with Crippen LogP contribution in [0.5, 0.6) is 0 Å². The summed E-state index contributed by atoms with van der Waals surface area (Å²) in [5.41, 5.74) is 3.03. The Bertz CT molecular complexity index is 676. The van der Waals surface area contributed by atoms with Gasteiger partial charge >= 0.3 is 0 Å². The third kappa shape index (κ3) is 3.56. The summed E-state index contributed by atoms with van der Waals surface area (Å²) in [6, 6.07) is 0. The fourth-order valence-corrected chi connectivity index (χ4v) is 8.32. The third-order valence-corrected chi connectivity index (χ3v) is 9.89. The van der Waals surface area contributed by atoms with Crippen LogP contribution in [0.3, 0.4) is 0 Å². The van der Waals surface area contributed by atoms with Gasteiger partial charge < -0.3 is 5.11 Å². The minimum absolute atomic E-state index is 0.0339. The minimum atomic E-state index is -0.151. The van der Waals surface area contributed by atoms with Crippen molar-refractivity contribution < 1.29 is 9.90 Å². The van der Waals surface area contributed by atoms with E-state index in [0.717, 1.165) is 43.9 Å². The van der Waals surface area contributed by atoms with Crippen molar-refractivity contribution >= 4 is 5.78 Å². The first kappa shape index (κ1) is 21.6. The highest BCUT2D eigenvalue weighted by molar-refractivity contribution is 5.99. The molecule has 1 N–H and O–H groups in total. The van der Waals surface area contributed by atoms with Gasteiger partial charge in [-0.3, -0.25) is 4.79 Å². The number of hydrogen-bond donors (Lipinski definition) is 1. The Hall–Kier alpha value is -0.630. The largest absolute Gasteiger partial charge is 0.393 e. The number of allylic oxidation sites excluding steroid dienone is 2. The van der Waals surface area contributed by atoms with Crippen LogP contribution >= 0.6 is 0 Å². The van der Waals surface area contributed by atoms with Gasteiger partial charge in [0, 0.05) is 12.0 Å². The molecule has 2 fully saturated rings. The fraction of sp³-hybridized carbons (Fsp3) is 0.889. The standard InChI is InChI=1S/C27H44O2/c1-17(2)7-6-8-18(3)22-11-12-23-21-10-9-19-15-20(28)13-14-26(19,4)25(21)24(29)16-27(22,23)5/h17-20,22-23,28H,6-16H2,1-5H3/t18-,19+,20?,22-,23+,26+,27-/m1/s1. The van der Waals surface area contributed by atoms with E-state index in [-0.39, 0.29) is 16.9 Å². The average Bonchev–Trinajstić information content (AvgIpc) is 2.98. The van der Waals surface area contributed by atoms with Crippen LogP contribution in [0.25, 0.3) is 0 Å². The molecule has 0 spiro atoms. The summed E-state index contributed by atoms with van der Waals surface area (Å²) >= 11 is 0. The number of Topliss-reactive ketones (excluding diaryl/α,β-unsaturated/α-hetero) is 1. The summed E-state index contributed by atoms with van der Waals surface area (Å²) in [6.45, 7) is 11.9. The van der Waals surface area contributed by atoms with E-state index in [2.05, 4.69) is 34.6 Å². The van der Waals surface area contributed by atoms with Gasteiger partial charge in [0.1, 0.15) is 0 Å². The highest BCUT2D eigenvalue weighted by atomic mass is 16.3. The molecule has 0 aromatic rings. The van der Waals surface area contributed by atoms with Crippen LogP contribution in [0.15, 0.2) is 11.1 Å². The van der Waals surface area contributed by atoms with E-state index in [1.54, 1.807) is 5.57 Å². The number of aliphatic hydroxyl groups excluding tert-OH is 1. The van der Waals surface area contributed by atoms with Crippen molar-refractivity contribution in [1.29, 1.82) is 0 Å². The minimum Gasteiger partial charge on any atom is -0.393 e. The highest BCUT2D eigenvalue weighted by Crippen LogP contribution is 2.65. The van der Waals surface area contributed by atoms with Crippen LogP contribution in [-0.2, 0) is 4.79 Å². The monoisotopic (exact) mass is 400 g/mol. The molecule has 164 valence electrons. The Morgan fingerprint density at radius 2 is 1.83 bits per heavy atom. The normalized spacial score (nSPS) is 43.2. The molecule has 0 saturated heterocycles. The van der Waals surface area contributed by atoms with Crippen molar-refractivity contribution in [2.45, 2.75) is 111 Å². The lowest BCUT2D eigenvalue weighted by atomic mass is 9.50. The predicted octanol–water partition coefficient (Wildman–Crippen LogP) is 6.71. The molecule has 0 amide bonds. The Labute approximate surface area is 178 Å². The number of carbonyl (C=O) groups excluding carboxylic acids is 1. The first-order chi connectivity index (χ1) is 13.7. The number of fused-ring (bicyclic) bond motifs is 4. The molecule has 0 radical (unpaired) electrons. The van der Waals surface area contributed by atoms with Gasteiger partial charge in [-0.25, -0.2) is 0 Å². The molecule has 1 unspecified atom stereocenters. The van der Waals surface area contributed by atoms with Gasteiger partial charge in [0.2, 0.25) is 0 Å². The number of ketones is 1. The van der Waals surface area contributed by atoms with Crippen LogP contribution in [-0.4, -0.2) is 17.0 Å². The molecule has 0 aromatic heterocycles. The van der Waals surface area contributed by atoms with Crippen LogP contribution in [0, 0.1) is 40.4 Å². The Balaban J connectivity index is 1.58. The molecule has 29 heavy (non-hydrogen) atoms. The Kier molecular flexibility index (Phi) is 5.82. The van der Waals surface area contributed by atoms with Crippen molar-refractivity contribution in [3.05, 3.63) is 11.1 Å². The Morgan fingerprint density at radius 3 is 2.55 bits per heavy atom. The van der Waals surface area contributed by atoms with Gasteiger partial charge in [-0.05, 0) is 85.4 Å². The number of aliphatic hydroxyl groups is 1. The molecule has 0 aromatic carbocycles. The topological polar surface area (TPSA) is 37.3 Å². The van der Waals surface area contributed by atoms with Gasteiger partial charge in [0.15, 0.2) is 5.78 Å². The molecular formula is C27H44O2. The quantitative estimate of drug-likeness (QED) is 0.556. The van der Waals surface area contributed by atoms with Crippen LogP contribution < -0.4 is 0 Å². The van der Waals surface area contributed by atoms with Crippen molar-refractivity contribution in [3.63, 3.8) is 0 Å². The van der Waals surface area contributed by atoms with E-state index < -0.39 is 0 Å². The number of rotatable bonds is 5. The molecule has 4 aliphatic rings. The van der Waals surface area contributed by atoms with Gasteiger partial charge in [-0.2, -0.15) is 0 Å². The third-order valence-electron chi connectivity index (χ3n) is 9.89. The van der Waals surface area contributed by atoms with Crippen LogP contribution in [0.4, 0.5) is 0 Å². The SMILES string of the molecule is CC(C)CCC[C@@H](C)[C@H]1CC[C@H]2C3=C(C(=O)C[C@]12C)[C@@]1(C)CCC(O)C[C@@H]1CC3. The second kappa shape index (κ2) is 7.81. The second-order valence-corrected chi connectivity index (χ2v) is 12.1. The smallest absolute Gasteiger partial charge is 0.159 e. The van der Waals surface area contributed by atoms with Gasteiger partial charge in [0.25, 0.3) is 0 Å². The summed E-state index contributed by atoms with van der Waals surface area (Å²) in [6.07, 6.45) is 12.3. The maximum Gasteiger partial charge on any atom is 0.159 e. The molecule has 2 saturated carbocycles. The second-order valence-electron chi connectivity index (χ2n) is 12.1. The maximum atomic E-state index is 13.7. The highest BCUT2D eigenvalue weighted by Gasteiger charge is 2.58. The average molecular weight is 401 g/mol. The van der Waals surface area contributed by atoms with E-state index in [1.807, 2.05) is 0 Å². The maximum absolute atomic E-state index is 13.7. The molecule has 7 atom stereocenters. The molecule has 2 heteroatoms. The first-order valence-corrected chi connectivity index (χ1v) is 12.6. The van der Waals surface area contributed by atoms with Crippen molar-refractivity contribution in [2.24, 2.45) is 40.4 Å². The van der Waals surface area contributed by atoms with Crippen molar-refractivity contribution in [1.82, 2.24) is 0 Å². The fourth-order valence-electron chi connectivity index (χ4n) is 8.32. The lowest BCUT2D eigenvalue weighted by molar-refractivity contribution is -0.123. The molecule has 0 aliphatic heterocycles. The zero-order valence-electron chi connectivity index (χ0n) is 19.6. The molecule has 0 heterocycles. The molecule has 2 nitrogen and oxygen atoms in total. The molecule has 4 aliphatic carbocycles. The first-order valence-electron chi connectivity index (χ1n) is 12.6. The van der Waals surface area contributed by atoms with E-state index >= 15 is 0 Å². The Morgan fingerprint density at radius 1 is 1.07 bits per heavy atom. The number of carbonyl (C=O) groups is 1. The van der Waals surface area contributed by atoms with E-state index in [9.17, 15) is 9.90 Å². The summed E-state index contributed by atoms with van der Waals surface area (Å²) in [5.74, 6) is 3.85. The van der Waals surface area contributed by atoms with Crippen molar-refractivity contribution in [2.75, 3.05) is 0 Å². The lowest BCUT2D eigenvalue weighted by Crippen LogP contribution is -2.48. The summed E-state index contributed by atoms with van der Waals surface area (Å²) in [5, 5.41) is 10.2. The van der Waals surface area contributed by atoms with E-state index in [4.69, 9.17) is 0 Å². The van der Waals surface area contributed by atoms with Gasteiger partial charge in [-0.15, -0.1) is 0 Å². The molecular weight excluding hydrogens is 356 g/mol. The van der Waals surface area contributed by atoms with Crippen LogP contribution in [0.1, 0.15) is 105 Å². The van der Waals surface area contributed by atoms with Crippen LogP contribution in [0.2, 0.25) is 0 Å². The van der Waals surface area contributed by atoms with Gasteiger partial charge in [0.05, 0.1) is 6.10 Å². The molecule has 4 rings (SSSR count). The summed E-state index contributed by atoms with van der Waals surface area (Å²) in [7, 11) is 0. The zero-order chi connectivity index (χ0) is 21.0. The summed E-state index contributed by atoms with van der Waals surface area (Å²) in [4.78, 5) is 13.7. The van der Waals surface area contributed by atoms with Crippen molar-refractivity contribution in [3.8, 4) is 0 Å². The molecule has 0 bridgehead atoms. The summed E-state index contributed by atoms with van der Waals surface area (Å²) < 4.78 is 0.